The van der Waals surface area contributed by atoms with Gasteiger partial charge in [0.05, 0.1) is 5.41 Å². The number of amides is 1. The zero-order valence-electron chi connectivity index (χ0n) is 12.4. The molecule has 1 aliphatic rings. The van der Waals surface area contributed by atoms with Crippen molar-refractivity contribution in [3.63, 3.8) is 0 Å². The second kappa shape index (κ2) is 5.87. The van der Waals surface area contributed by atoms with Crippen molar-refractivity contribution in [2.75, 3.05) is 6.54 Å². The van der Waals surface area contributed by atoms with E-state index in [9.17, 15) is 22.4 Å². The van der Waals surface area contributed by atoms with Crippen LogP contribution in [-0.2, 0) is 11.2 Å². The number of benzene rings is 1. The van der Waals surface area contributed by atoms with E-state index >= 15 is 0 Å². The normalized spacial score (nSPS) is 20.0. The van der Waals surface area contributed by atoms with Crippen LogP contribution in [0.3, 0.4) is 0 Å². The number of alkyl halides is 3. The lowest BCUT2D eigenvalue weighted by molar-refractivity contribution is -0.190. The summed E-state index contributed by atoms with van der Waals surface area (Å²) in [5, 5.41) is 0.946. The lowest BCUT2D eigenvalue weighted by atomic mass is 9.94. The Morgan fingerprint density at radius 2 is 2.05 bits per heavy atom. The maximum absolute atomic E-state index is 13.3. The Balaban J connectivity index is 2.10. The molecule has 3 nitrogen and oxygen atoms in total. The highest BCUT2D eigenvalue weighted by molar-refractivity contribution is 5.83. The molecule has 0 spiro atoms. The van der Waals surface area contributed by atoms with E-state index in [1.165, 1.54) is 18.2 Å². The molecule has 1 aromatic rings. The Labute approximate surface area is 126 Å². The van der Waals surface area contributed by atoms with Gasteiger partial charge in [-0.1, -0.05) is 12.1 Å². The van der Waals surface area contributed by atoms with Crippen molar-refractivity contribution < 1.29 is 22.4 Å². The Hall–Kier alpha value is -1.63. The van der Waals surface area contributed by atoms with E-state index in [2.05, 4.69) is 5.43 Å². The molecule has 0 radical (unpaired) electrons. The molecule has 1 aliphatic heterocycles. The number of hydrazine groups is 1. The highest BCUT2D eigenvalue weighted by Crippen LogP contribution is 2.33. The lowest BCUT2D eigenvalue weighted by Crippen LogP contribution is -2.50. The fraction of sp³-hybridized carbons (Fsp3) is 0.533. The van der Waals surface area contributed by atoms with Crippen molar-refractivity contribution in [1.29, 1.82) is 0 Å². The van der Waals surface area contributed by atoms with Gasteiger partial charge < -0.3 is 0 Å². The van der Waals surface area contributed by atoms with Crippen LogP contribution in [0.2, 0.25) is 0 Å². The molecule has 1 saturated heterocycles. The van der Waals surface area contributed by atoms with E-state index in [1.807, 2.05) is 0 Å². The number of carbonyl (C=O) groups is 1. The van der Waals surface area contributed by atoms with Gasteiger partial charge in [0.25, 0.3) is 0 Å². The molecular formula is C15H18F4N2O. The van der Waals surface area contributed by atoms with E-state index in [1.54, 1.807) is 19.9 Å². The van der Waals surface area contributed by atoms with E-state index in [0.717, 1.165) is 5.01 Å². The van der Waals surface area contributed by atoms with Gasteiger partial charge in [0.1, 0.15) is 11.9 Å². The molecule has 1 heterocycles. The summed E-state index contributed by atoms with van der Waals surface area (Å²) in [5.74, 6) is -0.899. The predicted octanol–water partition coefficient (Wildman–Crippen LogP) is 3.06. The van der Waals surface area contributed by atoms with Crippen LogP contribution in [-0.4, -0.2) is 29.7 Å². The first-order valence-corrected chi connectivity index (χ1v) is 6.98. The van der Waals surface area contributed by atoms with Crippen molar-refractivity contribution in [3.05, 3.63) is 35.6 Å². The smallest absolute Gasteiger partial charge is 0.288 e. The molecule has 0 saturated carbocycles. The Bertz CT molecular complexity index is 557. The number of hydrogen-bond donors (Lipinski definition) is 1. The van der Waals surface area contributed by atoms with Gasteiger partial charge in [-0.25, -0.2) is 9.40 Å². The first kappa shape index (κ1) is 16.7. The Morgan fingerprint density at radius 1 is 1.36 bits per heavy atom. The molecule has 22 heavy (non-hydrogen) atoms. The van der Waals surface area contributed by atoms with Gasteiger partial charge >= 0.3 is 6.18 Å². The van der Waals surface area contributed by atoms with Gasteiger partial charge in [-0.3, -0.25) is 10.2 Å². The maximum atomic E-state index is 13.3. The third-order valence-corrected chi connectivity index (χ3v) is 3.78. The summed E-state index contributed by atoms with van der Waals surface area (Å²) in [7, 11) is 0. The van der Waals surface area contributed by atoms with Crippen LogP contribution in [0.15, 0.2) is 24.3 Å². The summed E-state index contributed by atoms with van der Waals surface area (Å²) in [4.78, 5) is 11.7. The number of hydrogen-bond acceptors (Lipinski definition) is 2. The second-order valence-corrected chi connectivity index (χ2v) is 6.18. The lowest BCUT2D eigenvalue weighted by Gasteiger charge is -2.29. The largest absolute Gasteiger partial charge is 0.405 e. The molecule has 122 valence electrons. The quantitative estimate of drug-likeness (QED) is 0.866. The summed E-state index contributed by atoms with van der Waals surface area (Å²) < 4.78 is 52.9. The number of halogens is 4. The number of rotatable bonds is 4. The molecule has 1 N–H and O–H groups in total. The summed E-state index contributed by atoms with van der Waals surface area (Å²) in [6.45, 7) is 3.18. The standard InChI is InChI=1S/C15H18F4N2O/c1-14(2)9-21(20-13(14)22)12(15(17,18)19)7-6-10-4-3-5-11(16)8-10/h3-5,8,12H,6-7,9H2,1-2H3,(H,20,22)/t12-/m0/s1. The van der Waals surface area contributed by atoms with Crippen LogP contribution < -0.4 is 5.43 Å². The summed E-state index contributed by atoms with van der Waals surface area (Å²) in [6.07, 6.45) is -4.64. The van der Waals surface area contributed by atoms with Crippen LogP contribution in [0.1, 0.15) is 25.8 Å². The molecule has 2 rings (SSSR count). The van der Waals surface area contributed by atoms with E-state index in [4.69, 9.17) is 0 Å². The molecule has 0 bridgehead atoms. The van der Waals surface area contributed by atoms with E-state index in [0.29, 0.717) is 5.56 Å². The van der Waals surface area contributed by atoms with Crippen molar-refractivity contribution >= 4 is 5.91 Å². The van der Waals surface area contributed by atoms with Gasteiger partial charge in [0.15, 0.2) is 0 Å². The molecular weight excluding hydrogens is 300 g/mol. The fourth-order valence-electron chi connectivity index (χ4n) is 2.50. The fourth-order valence-corrected chi connectivity index (χ4v) is 2.50. The third-order valence-electron chi connectivity index (χ3n) is 3.78. The molecule has 1 fully saturated rings. The van der Waals surface area contributed by atoms with Crippen LogP contribution in [0.25, 0.3) is 0 Å². The summed E-state index contributed by atoms with van der Waals surface area (Å²) in [5.41, 5.74) is 1.94. The van der Waals surface area contributed by atoms with Crippen molar-refractivity contribution in [2.45, 2.75) is 38.9 Å². The molecule has 0 aliphatic carbocycles. The Morgan fingerprint density at radius 3 is 2.55 bits per heavy atom. The van der Waals surface area contributed by atoms with Gasteiger partial charge in [-0.2, -0.15) is 13.2 Å². The van der Waals surface area contributed by atoms with Crippen LogP contribution >= 0.6 is 0 Å². The van der Waals surface area contributed by atoms with Gasteiger partial charge in [0.2, 0.25) is 5.91 Å². The predicted molar refractivity (Wildman–Crippen MR) is 73.2 cm³/mol. The minimum absolute atomic E-state index is 0.0147. The highest BCUT2D eigenvalue weighted by atomic mass is 19.4. The number of nitrogens with one attached hydrogen (secondary N) is 1. The SMILES string of the molecule is CC1(C)CN([C@@H](CCc2cccc(F)c2)C(F)(F)F)NC1=O. The molecule has 1 amide bonds. The zero-order chi connectivity index (χ0) is 16.5. The second-order valence-electron chi connectivity index (χ2n) is 6.18. The van der Waals surface area contributed by atoms with Crippen molar-refractivity contribution in [3.8, 4) is 0 Å². The molecule has 0 aromatic heterocycles. The van der Waals surface area contributed by atoms with Crippen molar-refractivity contribution in [2.24, 2.45) is 5.41 Å². The summed E-state index contributed by atoms with van der Waals surface area (Å²) >= 11 is 0. The molecule has 0 unspecified atom stereocenters. The van der Waals surface area contributed by atoms with Crippen LogP contribution in [0.4, 0.5) is 17.6 Å². The van der Waals surface area contributed by atoms with Crippen molar-refractivity contribution in [1.82, 2.24) is 10.4 Å². The first-order chi connectivity index (χ1) is 10.1. The number of aryl methyl sites for hydroxylation is 1. The number of carbonyl (C=O) groups excluding carboxylic acids is 1. The van der Waals surface area contributed by atoms with Gasteiger partial charge in [-0.15, -0.1) is 0 Å². The number of nitrogens with zero attached hydrogens (tertiary/aromatic N) is 1. The minimum atomic E-state index is -4.47. The average molecular weight is 318 g/mol. The van der Waals surface area contributed by atoms with Crippen LogP contribution in [0.5, 0.6) is 0 Å². The monoisotopic (exact) mass is 318 g/mol. The highest BCUT2D eigenvalue weighted by Gasteiger charge is 2.49. The van der Waals surface area contributed by atoms with Gasteiger partial charge in [-0.05, 0) is 44.4 Å². The first-order valence-electron chi connectivity index (χ1n) is 6.98. The molecule has 7 heteroatoms. The minimum Gasteiger partial charge on any atom is -0.288 e. The molecule has 1 atom stereocenters. The Kier molecular flexibility index (Phi) is 4.47. The van der Waals surface area contributed by atoms with Gasteiger partial charge in [0, 0.05) is 6.54 Å². The maximum Gasteiger partial charge on any atom is 0.405 e. The zero-order valence-corrected chi connectivity index (χ0v) is 12.4. The van der Waals surface area contributed by atoms with E-state index < -0.39 is 29.4 Å². The van der Waals surface area contributed by atoms with Crippen LogP contribution in [0, 0.1) is 11.2 Å². The third kappa shape index (κ3) is 3.76. The van der Waals surface area contributed by atoms with E-state index in [-0.39, 0.29) is 19.4 Å². The molecule has 1 aromatic carbocycles. The topological polar surface area (TPSA) is 32.3 Å². The summed E-state index contributed by atoms with van der Waals surface area (Å²) in [6, 6.07) is 3.73. The average Bonchev–Trinajstić information content (AvgIpc) is 2.62.